The SMILES string of the molecule is O=C(O)/C=C/c1ccc(NC(=O)C2C3CCCC32)cc1. The molecule has 2 unspecified atom stereocenters. The van der Waals surface area contributed by atoms with E-state index in [4.69, 9.17) is 5.11 Å². The van der Waals surface area contributed by atoms with E-state index in [1.807, 2.05) is 0 Å². The number of hydrogen-bond donors (Lipinski definition) is 2. The van der Waals surface area contributed by atoms with Crippen molar-refractivity contribution in [2.24, 2.45) is 17.8 Å². The third kappa shape index (κ3) is 2.59. The molecule has 20 heavy (non-hydrogen) atoms. The number of nitrogens with one attached hydrogen (secondary N) is 1. The molecule has 3 rings (SSSR count). The van der Waals surface area contributed by atoms with Gasteiger partial charge in [-0.05, 0) is 48.4 Å². The summed E-state index contributed by atoms with van der Waals surface area (Å²) >= 11 is 0. The molecule has 0 heterocycles. The van der Waals surface area contributed by atoms with Crippen LogP contribution in [-0.2, 0) is 9.59 Å². The van der Waals surface area contributed by atoms with Crippen LogP contribution in [0.1, 0.15) is 24.8 Å². The molecular weight excluding hydrogens is 254 g/mol. The number of hydrogen-bond acceptors (Lipinski definition) is 2. The van der Waals surface area contributed by atoms with Gasteiger partial charge >= 0.3 is 5.97 Å². The molecule has 0 spiro atoms. The highest BCUT2D eigenvalue weighted by atomic mass is 16.4. The van der Waals surface area contributed by atoms with E-state index in [2.05, 4.69) is 5.32 Å². The number of rotatable bonds is 4. The average molecular weight is 271 g/mol. The van der Waals surface area contributed by atoms with Gasteiger partial charge in [-0.15, -0.1) is 0 Å². The summed E-state index contributed by atoms with van der Waals surface area (Å²) in [5.74, 6) is 0.618. The highest BCUT2D eigenvalue weighted by Crippen LogP contribution is 2.57. The highest BCUT2D eigenvalue weighted by Gasteiger charge is 2.56. The van der Waals surface area contributed by atoms with Crippen LogP contribution in [0.15, 0.2) is 30.3 Å². The van der Waals surface area contributed by atoms with Crippen LogP contribution in [0.2, 0.25) is 0 Å². The number of benzene rings is 1. The van der Waals surface area contributed by atoms with Gasteiger partial charge in [-0.25, -0.2) is 4.79 Å². The van der Waals surface area contributed by atoms with Gasteiger partial charge in [0, 0.05) is 17.7 Å². The van der Waals surface area contributed by atoms with Crippen LogP contribution < -0.4 is 5.32 Å². The predicted molar refractivity (Wildman–Crippen MR) is 76.1 cm³/mol. The first kappa shape index (κ1) is 12.9. The molecule has 2 N–H and O–H groups in total. The second-order valence-electron chi connectivity index (χ2n) is 5.57. The summed E-state index contributed by atoms with van der Waals surface area (Å²) in [6.07, 6.45) is 6.28. The molecule has 0 radical (unpaired) electrons. The van der Waals surface area contributed by atoms with Crippen LogP contribution in [-0.4, -0.2) is 17.0 Å². The van der Waals surface area contributed by atoms with E-state index in [1.165, 1.54) is 25.3 Å². The highest BCUT2D eigenvalue weighted by molar-refractivity contribution is 5.95. The van der Waals surface area contributed by atoms with Crippen LogP contribution in [0.25, 0.3) is 6.08 Å². The quantitative estimate of drug-likeness (QED) is 0.827. The zero-order valence-electron chi connectivity index (χ0n) is 11.1. The normalized spacial score (nSPS) is 27.3. The molecule has 2 atom stereocenters. The molecule has 104 valence electrons. The lowest BCUT2D eigenvalue weighted by atomic mass is 10.1. The van der Waals surface area contributed by atoms with Gasteiger partial charge in [0.15, 0.2) is 0 Å². The first-order chi connectivity index (χ1) is 9.65. The lowest BCUT2D eigenvalue weighted by Crippen LogP contribution is -2.16. The molecule has 4 nitrogen and oxygen atoms in total. The number of carbonyl (C=O) groups is 2. The van der Waals surface area contributed by atoms with Crippen molar-refractivity contribution in [3.63, 3.8) is 0 Å². The third-order valence-electron chi connectivity index (χ3n) is 4.31. The maximum Gasteiger partial charge on any atom is 0.328 e. The van der Waals surface area contributed by atoms with Gasteiger partial charge in [0.1, 0.15) is 0 Å². The number of carbonyl (C=O) groups excluding carboxylic acids is 1. The van der Waals surface area contributed by atoms with Crippen molar-refractivity contribution in [1.82, 2.24) is 0 Å². The fraction of sp³-hybridized carbons (Fsp3) is 0.375. The van der Waals surface area contributed by atoms with E-state index in [1.54, 1.807) is 24.3 Å². The summed E-state index contributed by atoms with van der Waals surface area (Å²) < 4.78 is 0. The van der Waals surface area contributed by atoms with Crippen molar-refractivity contribution >= 4 is 23.6 Å². The van der Waals surface area contributed by atoms with E-state index in [0.29, 0.717) is 11.8 Å². The Labute approximate surface area is 117 Å². The summed E-state index contributed by atoms with van der Waals surface area (Å²) in [5, 5.41) is 11.5. The second-order valence-corrected chi connectivity index (χ2v) is 5.57. The van der Waals surface area contributed by atoms with Gasteiger partial charge in [-0.2, -0.15) is 0 Å². The minimum absolute atomic E-state index is 0.133. The monoisotopic (exact) mass is 271 g/mol. The molecule has 1 aromatic rings. The Hall–Kier alpha value is -2.10. The molecule has 1 aromatic carbocycles. The molecular formula is C16H17NO3. The molecule has 2 aliphatic rings. The molecule has 0 aromatic heterocycles. The van der Waals surface area contributed by atoms with Crippen molar-refractivity contribution in [3.8, 4) is 0 Å². The van der Waals surface area contributed by atoms with Crippen LogP contribution in [0.5, 0.6) is 0 Å². The van der Waals surface area contributed by atoms with Gasteiger partial charge in [-0.1, -0.05) is 18.6 Å². The van der Waals surface area contributed by atoms with Crippen molar-refractivity contribution < 1.29 is 14.7 Å². The van der Waals surface area contributed by atoms with Gasteiger partial charge in [0.2, 0.25) is 5.91 Å². The Kier molecular flexibility index (Phi) is 3.30. The minimum Gasteiger partial charge on any atom is -0.478 e. The molecule has 0 bridgehead atoms. The smallest absolute Gasteiger partial charge is 0.328 e. The maximum absolute atomic E-state index is 12.1. The zero-order chi connectivity index (χ0) is 14.1. The van der Waals surface area contributed by atoms with Crippen LogP contribution in [0, 0.1) is 17.8 Å². The van der Waals surface area contributed by atoms with Gasteiger partial charge < -0.3 is 10.4 Å². The van der Waals surface area contributed by atoms with Gasteiger partial charge in [-0.3, -0.25) is 4.79 Å². The molecule has 0 saturated heterocycles. The van der Waals surface area contributed by atoms with E-state index >= 15 is 0 Å². The molecule has 0 aliphatic heterocycles. The lowest BCUT2D eigenvalue weighted by molar-refractivity contribution is -0.131. The summed E-state index contributed by atoms with van der Waals surface area (Å²) in [4.78, 5) is 22.5. The van der Waals surface area contributed by atoms with Crippen molar-refractivity contribution in [2.75, 3.05) is 5.32 Å². The van der Waals surface area contributed by atoms with Crippen molar-refractivity contribution in [3.05, 3.63) is 35.9 Å². The number of aliphatic carboxylic acids is 1. The number of anilines is 1. The number of carboxylic acid groups (broad SMARTS) is 1. The Morgan fingerprint density at radius 2 is 1.80 bits per heavy atom. The largest absolute Gasteiger partial charge is 0.478 e. The predicted octanol–water partition coefficient (Wildman–Crippen LogP) is 2.77. The first-order valence-corrected chi connectivity index (χ1v) is 6.97. The Balaban J connectivity index is 1.58. The third-order valence-corrected chi connectivity index (χ3v) is 4.31. The van der Waals surface area contributed by atoms with Crippen LogP contribution >= 0.6 is 0 Å². The van der Waals surface area contributed by atoms with Crippen LogP contribution in [0.4, 0.5) is 5.69 Å². The first-order valence-electron chi connectivity index (χ1n) is 6.97. The number of fused-ring (bicyclic) bond motifs is 1. The number of carboxylic acids is 1. The zero-order valence-corrected chi connectivity index (χ0v) is 11.1. The van der Waals surface area contributed by atoms with E-state index in [0.717, 1.165) is 17.3 Å². The van der Waals surface area contributed by atoms with Crippen LogP contribution in [0.3, 0.4) is 0 Å². The fourth-order valence-corrected chi connectivity index (χ4v) is 3.28. The molecule has 4 heteroatoms. The van der Waals surface area contributed by atoms with Crippen molar-refractivity contribution in [1.29, 1.82) is 0 Å². The van der Waals surface area contributed by atoms with Gasteiger partial charge in [0.05, 0.1) is 0 Å². The fourth-order valence-electron chi connectivity index (χ4n) is 3.28. The van der Waals surface area contributed by atoms with Gasteiger partial charge in [0.25, 0.3) is 0 Å². The molecule has 2 fully saturated rings. The Bertz CT molecular complexity index is 552. The van der Waals surface area contributed by atoms with Crippen molar-refractivity contribution in [2.45, 2.75) is 19.3 Å². The average Bonchev–Trinajstić information content (AvgIpc) is 2.92. The van der Waals surface area contributed by atoms with E-state index in [-0.39, 0.29) is 11.8 Å². The standard InChI is InChI=1S/C16H17NO3/c18-14(19)9-6-10-4-7-11(8-5-10)17-16(20)15-12-2-1-3-13(12)15/h4-9,12-13,15H,1-3H2,(H,17,20)(H,18,19)/b9-6+. The summed E-state index contributed by atoms with van der Waals surface area (Å²) in [6, 6.07) is 7.20. The van der Waals surface area contributed by atoms with E-state index < -0.39 is 5.97 Å². The second kappa shape index (κ2) is 5.12. The van der Waals surface area contributed by atoms with E-state index in [9.17, 15) is 9.59 Å². The summed E-state index contributed by atoms with van der Waals surface area (Å²) in [7, 11) is 0. The summed E-state index contributed by atoms with van der Waals surface area (Å²) in [6.45, 7) is 0. The minimum atomic E-state index is -0.970. The maximum atomic E-state index is 12.1. The topological polar surface area (TPSA) is 66.4 Å². The lowest BCUT2D eigenvalue weighted by Gasteiger charge is -2.06. The molecule has 2 aliphatic carbocycles. The summed E-state index contributed by atoms with van der Waals surface area (Å²) in [5.41, 5.74) is 1.57. The molecule has 2 saturated carbocycles. The Morgan fingerprint density at radius 3 is 2.40 bits per heavy atom. The number of amides is 1. The molecule has 1 amide bonds. The Morgan fingerprint density at radius 1 is 1.15 bits per heavy atom.